The number of halogens is 1. The third-order valence-electron chi connectivity index (χ3n) is 2.50. The van der Waals surface area contributed by atoms with E-state index < -0.39 is 5.95 Å². The molecule has 0 aliphatic carbocycles. The van der Waals surface area contributed by atoms with Gasteiger partial charge in [0.25, 0.3) is 0 Å². The number of aromatic nitrogens is 3. The van der Waals surface area contributed by atoms with Crippen molar-refractivity contribution in [2.45, 2.75) is 20.4 Å². The molecule has 3 N–H and O–H groups in total. The minimum atomic E-state index is -0.494. The normalized spacial score (nSPS) is 10.4. The van der Waals surface area contributed by atoms with Crippen molar-refractivity contribution >= 4 is 11.5 Å². The van der Waals surface area contributed by atoms with Crippen molar-refractivity contribution in [2.75, 3.05) is 11.1 Å². The van der Waals surface area contributed by atoms with E-state index in [1.165, 1.54) is 12.3 Å². The zero-order valence-corrected chi connectivity index (χ0v) is 10.2. The van der Waals surface area contributed by atoms with Gasteiger partial charge < -0.3 is 11.1 Å². The number of nitrogens with two attached hydrogens (primary N) is 1. The number of pyridine rings is 1. The largest absolute Gasteiger partial charge is 0.394 e. The molecule has 0 spiro atoms. The molecule has 2 rings (SSSR count). The lowest BCUT2D eigenvalue weighted by Gasteiger charge is -2.10. The lowest BCUT2D eigenvalue weighted by atomic mass is 10.2. The summed E-state index contributed by atoms with van der Waals surface area (Å²) in [6.07, 6.45) is 1.47. The first-order chi connectivity index (χ1) is 8.56. The van der Waals surface area contributed by atoms with Crippen LogP contribution in [-0.4, -0.2) is 15.0 Å². The van der Waals surface area contributed by atoms with Gasteiger partial charge in [0, 0.05) is 12.7 Å². The Morgan fingerprint density at radius 2 is 2.06 bits per heavy atom. The Morgan fingerprint density at radius 1 is 1.28 bits per heavy atom. The average Bonchev–Trinajstić information content (AvgIpc) is 2.34. The molecule has 0 aliphatic heterocycles. The second-order valence-corrected chi connectivity index (χ2v) is 3.96. The minimum absolute atomic E-state index is 0.480. The Labute approximate surface area is 104 Å². The van der Waals surface area contributed by atoms with Crippen molar-refractivity contribution in [3.05, 3.63) is 41.4 Å². The monoisotopic (exact) mass is 247 g/mol. The van der Waals surface area contributed by atoms with Crippen molar-refractivity contribution in [1.29, 1.82) is 0 Å². The van der Waals surface area contributed by atoms with Crippen molar-refractivity contribution < 1.29 is 4.39 Å². The number of nitrogens with one attached hydrogen (secondary N) is 1. The van der Waals surface area contributed by atoms with Crippen molar-refractivity contribution in [1.82, 2.24) is 15.0 Å². The van der Waals surface area contributed by atoms with Crippen LogP contribution in [0.25, 0.3) is 0 Å². The second kappa shape index (κ2) is 4.95. The predicted octanol–water partition coefficient (Wildman–Crippen LogP) is 1.82. The molecule has 2 aromatic heterocycles. The standard InChI is InChI=1S/C12H14FN5/c1-7-11(14)12(18-8(2)17-7)16-6-9-3-4-10(13)15-5-9/h3-5H,6,14H2,1-2H3,(H,16,17,18). The minimum Gasteiger partial charge on any atom is -0.394 e. The average molecular weight is 247 g/mol. The Kier molecular flexibility index (Phi) is 3.36. The molecule has 0 aromatic carbocycles. The molecule has 18 heavy (non-hydrogen) atoms. The summed E-state index contributed by atoms with van der Waals surface area (Å²) in [5.41, 5.74) is 7.99. The van der Waals surface area contributed by atoms with Crippen molar-refractivity contribution in [2.24, 2.45) is 0 Å². The van der Waals surface area contributed by atoms with Gasteiger partial charge in [-0.2, -0.15) is 4.39 Å². The van der Waals surface area contributed by atoms with Crippen LogP contribution in [0.4, 0.5) is 15.9 Å². The molecule has 2 aromatic rings. The number of rotatable bonds is 3. The van der Waals surface area contributed by atoms with Gasteiger partial charge in [-0.05, 0) is 25.5 Å². The second-order valence-electron chi connectivity index (χ2n) is 3.96. The summed E-state index contributed by atoms with van der Waals surface area (Å²) in [6, 6.07) is 2.98. The molecule has 2 heterocycles. The predicted molar refractivity (Wildman–Crippen MR) is 67.4 cm³/mol. The molecule has 0 fully saturated rings. The number of anilines is 2. The summed E-state index contributed by atoms with van der Waals surface area (Å²) >= 11 is 0. The zero-order chi connectivity index (χ0) is 13.1. The van der Waals surface area contributed by atoms with E-state index in [0.29, 0.717) is 23.9 Å². The molecule has 94 valence electrons. The summed E-state index contributed by atoms with van der Waals surface area (Å²) in [6.45, 7) is 4.11. The maximum Gasteiger partial charge on any atom is 0.212 e. The Hall–Kier alpha value is -2.24. The fourth-order valence-electron chi connectivity index (χ4n) is 1.55. The fraction of sp³-hybridized carbons (Fsp3) is 0.250. The van der Waals surface area contributed by atoms with E-state index in [1.807, 2.05) is 6.92 Å². The lowest BCUT2D eigenvalue weighted by Crippen LogP contribution is -2.08. The van der Waals surface area contributed by atoms with Crippen LogP contribution in [-0.2, 0) is 6.54 Å². The molecule has 0 aliphatic rings. The van der Waals surface area contributed by atoms with Gasteiger partial charge >= 0.3 is 0 Å². The van der Waals surface area contributed by atoms with E-state index in [4.69, 9.17) is 5.73 Å². The van der Waals surface area contributed by atoms with Gasteiger partial charge in [-0.25, -0.2) is 15.0 Å². The molecular weight excluding hydrogens is 233 g/mol. The zero-order valence-electron chi connectivity index (χ0n) is 10.2. The Balaban J connectivity index is 2.13. The molecule has 6 heteroatoms. The maximum atomic E-state index is 12.6. The van der Waals surface area contributed by atoms with Gasteiger partial charge in [0.1, 0.15) is 5.82 Å². The fourth-order valence-corrected chi connectivity index (χ4v) is 1.55. The van der Waals surface area contributed by atoms with Crippen molar-refractivity contribution in [3.8, 4) is 0 Å². The first-order valence-electron chi connectivity index (χ1n) is 5.51. The number of nitrogen functional groups attached to an aromatic ring is 1. The van der Waals surface area contributed by atoms with Gasteiger partial charge in [-0.3, -0.25) is 0 Å². The molecular formula is C12H14FN5. The third kappa shape index (κ3) is 2.71. The van der Waals surface area contributed by atoms with Crippen LogP contribution in [0.15, 0.2) is 18.3 Å². The van der Waals surface area contributed by atoms with Crippen LogP contribution >= 0.6 is 0 Å². The summed E-state index contributed by atoms with van der Waals surface area (Å²) in [5, 5.41) is 3.09. The molecule has 0 atom stereocenters. The van der Waals surface area contributed by atoms with Crippen LogP contribution in [0.3, 0.4) is 0 Å². The number of hydrogen-bond acceptors (Lipinski definition) is 5. The number of nitrogens with zero attached hydrogens (tertiary/aromatic N) is 3. The molecule has 0 unspecified atom stereocenters. The highest BCUT2D eigenvalue weighted by Gasteiger charge is 2.06. The van der Waals surface area contributed by atoms with E-state index in [-0.39, 0.29) is 0 Å². The molecule has 5 nitrogen and oxygen atoms in total. The van der Waals surface area contributed by atoms with Gasteiger partial charge in [0.2, 0.25) is 5.95 Å². The van der Waals surface area contributed by atoms with E-state index in [9.17, 15) is 4.39 Å². The molecule has 0 radical (unpaired) electrons. The van der Waals surface area contributed by atoms with Gasteiger partial charge in [-0.1, -0.05) is 6.07 Å². The molecule has 0 amide bonds. The van der Waals surface area contributed by atoms with E-state index >= 15 is 0 Å². The van der Waals surface area contributed by atoms with E-state index in [0.717, 1.165) is 11.3 Å². The molecule has 0 bridgehead atoms. The van der Waals surface area contributed by atoms with Crippen LogP contribution in [0.1, 0.15) is 17.1 Å². The Morgan fingerprint density at radius 3 is 2.72 bits per heavy atom. The highest BCUT2D eigenvalue weighted by Crippen LogP contribution is 2.18. The smallest absolute Gasteiger partial charge is 0.212 e. The third-order valence-corrected chi connectivity index (χ3v) is 2.50. The van der Waals surface area contributed by atoms with Gasteiger partial charge in [-0.15, -0.1) is 0 Å². The van der Waals surface area contributed by atoms with Crippen LogP contribution in [0.5, 0.6) is 0 Å². The van der Waals surface area contributed by atoms with Crippen LogP contribution in [0.2, 0.25) is 0 Å². The van der Waals surface area contributed by atoms with Crippen molar-refractivity contribution in [3.63, 3.8) is 0 Å². The highest BCUT2D eigenvalue weighted by molar-refractivity contribution is 5.63. The quantitative estimate of drug-likeness (QED) is 0.809. The summed E-state index contributed by atoms with van der Waals surface area (Å²) in [7, 11) is 0. The first kappa shape index (κ1) is 12.2. The van der Waals surface area contributed by atoms with Crippen LogP contribution in [0, 0.1) is 19.8 Å². The first-order valence-corrected chi connectivity index (χ1v) is 5.51. The highest BCUT2D eigenvalue weighted by atomic mass is 19.1. The molecule has 0 saturated heterocycles. The summed E-state index contributed by atoms with van der Waals surface area (Å²) in [4.78, 5) is 12.0. The lowest BCUT2D eigenvalue weighted by molar-refractivity contribution is 0.582. The van der Waals surface area contributed by atoms with Gasteiger partial charge in [0.15, 0.2) is 5.82 Å². The Bertz CT molecular complexity index is 553. The molecule has 0 saturated carbocycles. The van der Waals surface area contributed by atoms with E-state index in [2.05, 4.69) is 20.3 Å². The SMILES string of the molecule is Cc1nc(C)c(N)c(NCc2ccc(F)nc2)n1. The maximum absolute atomic E-state index is 12.6. The topological polar surface area (TPSA) is 76.7 Å². The summed E-state index contributed by atoms with van der Waals surface area (Å²) < 4.78 is 12.6. The number of aryl methyl sites for hydroxylation is 2. The van der Waals surface area contributed by atoms with Gasteiger partial charge in [0.05, 0.1) is 11.4 Å². The summed E-state index contributed by atoms with van der Waals surface area (Å²) in [5.74, 6) is 0.748. The number of hydrogen-bond donors (Lipinski definition) is 2. The van der Waals surface area contributed by atoms with E-state index in [1.54, 1.807) is 13.0 Å². The van der Waals surface area contributed by atoms with Crippen LogP contribution < -0.4 is 11.1 Å².